The van der Waals surface area contributed by atoms with Crippen molar-refractivity contribution in [3.63, 3.8) is 0 Å². The molecule has 0 unspecified atom stereocenters. The lowest BCUT2D eigenvalue weighted by Crippen LogP contribution is -2.05. The molecule has 1 aliphatic rings. The molecule has 1 heterocycles. The first kappa shape index (κ1) is 9.34. The molecule has 0 bridgehead atoms. The molecular weight excluding hydrogens is 198 g/mol. The van der Waals surface area contributed by atoms with Crippen LogP contribution in [0.5, 0.6) is 17.2 Å². The van der Waals surface area contributed by atoms with Crippen molar-refractivity contribution in [2.24, 2.45) is 0 Å². The molecule has 2 rings (SSSR count). The second-order valence-electron chi connectivity index (χ2n) is 2.82. The number of hydrogen-bond donors (Lipinski definition) is 0. The van der Waals surface area contributed by atoms with Crippen molar-refractivity contribution in [3.8, 4) is 23.3 Å². The van der Waals surface area contributed by atoms with Gasteiger partial charge in [0.2, 0.25) is 6.79 Å². The number of benzene rings is 1. The lowest BCUT2D eigenvalue weighted by molar-refractivity contribution is -0.133. The van der Waals surface area contributed by atoms with Crippen LogP contribution in [-0.4, -0.2) is 12.8 Å². The van der Waals surface area contributed by atoms with Crippen molar-refractivity contribution in [2.45, 2.75) is 6.42 Å². The summed E-state index contributed by atoms with van der Waals surface area (Å²) in [5.41, 5.74) is 0. The Morgan fingerprint density at radius 1 is 1.47 bits per heavy atom. The van der Waals surface area contributed by atoms with Crippen molar-refractivity contribution in [1.29, 1.82) is 5.26 Å². The molecule has 0 atom stereocenters. The molecule has 0 N–H and O–H groups in total. The Balaban J connectivity index is 2.11. The molecular formula is C10H7NO4. The van der Waals surface area contributed by atoms with E-state index in [0.29, 0.717) is 17.2 Å². The fourth-order valence-corrected chi connectivity index (χ4v) is 1.17. The monoisotopic (exact) mass is 205 g/mol. The molecule has 0 radical (unpaired) electrons. The third-order valence-corrected chi connectivity index (χ3v) is 1.80. The minimum Gasteiger partial charge on any atom is -0.454 e. The van der Waals surface area contributed by atoms with Crippen LogP contribution >= 0.6 is 0 Å². The van der Waals surface area contributed by atoms with Crippen molar-refractivity contribution in [2.75, 3.05) is 6.79 Å². The van der Waals surface area contributed by atoms with Crippen LogP contribution in [0.4, 0.5) is 0 Å². The highest BCUT2D eigenvalue weighted by molar-refractivity contribution is 5.74. The topological polar surface area (TPSA) is 68.6 Å². The van der Waals surface area contributed by atoms with Crippen molar-refractivity contribution >= 4 is 5.97 Å². The number of nitrogens with zero attached hydrogens (tertiary/aromatic N) is 1. The van der Waals surface area contributed by atoms with E-state index in [2.05, 4.69) is 0 Å². The quantitative estimate of drug-likeness (QED) is 0.536. The number of ether oxygens (including phenoxy) is 3. The van der Waals surface area contributed by atoms with Crippen LogP contribution in [0.3, 0.4) is 0 Å². The van der Waals surface area contributed by atoms with E-state index in [1.165, 1.54) is 0 Å². The lowest BCUT2D eigenvalue weighted by atomic mass is 10.3. The maximum Gasteiger partial charge on any atom is 0.325 e. The van der Waals surface area contributed by atoms with Gasteiger partial charge in [0.15, 0.2) is 11.5 Å². The number of carbonyl (C=O) groups excluding carboxylic acids is 1. The normalized spacial score (nSPS) is 11.9. The molecule has 5 nitrogen and oxygen atoms in total. The van der Waals surface area contributed by atoms with Crippen molar-refractivity contribution < 1.29 is 19.0 Å². The fourth-order valence-electron chi connectivity index (χ4n) is 1.17. The summed E-state index contributed by atoms with van der Waals surface area (Å²) in [6.07, 6.45) is -0.269. The van der Waals surface area contributed by atoms with Crippen LogP contribution in [-0.2, 0) is 4.79 Å². The van der Waals surface area contributed by atoms with E-state index in [9.17, 15) is 4.79 Å². The molecule has 0 fully saturated rings. The molecule has 76 valence electrons. The minimum atomic E-state index is -0.587. The van der Waals surface area contributed by atoms with E-state index in [1.807, 2.05) is 0 Å². The molecule has 0 aromatic heterocycles. The Labute approximate surface area is 85.8 Å². The summed E-state index contributed by atoms with van der Waals surface area (Å²) in [6.45, 7) is 0.172. The highest BCUT2D eigenvalue weighted by Crippen LogP contribution is 2.35. The molecule has 1 aliphatic heterocycles. The van der Waals surface area contributed by atoms with Gasteiger partial charge >= 0.3 is 5.97 Å². The van der Waals surface area contributed by atoms with E-state index in [1.54, 1.807) is 24.3 Å². The summed E-state index contributed by atoms with van der Waals surface area (Å²) in [7, 11) is 0. The predicted octanol–water partition coefficient (Wildman–Crippen LogP) is 1.23. The molecule has 5 heteroatoms. The molecule has 0 amide bonds. The first-order valence-electron chi connectivity index (χ1n) is 4.27. The minimum absolute atomic E-state index is 0.172. The average molecular weight is 205 g/mol. The Morgan fingerprint density at radius 3 is 3.07 bits per heavy atom. The van der Waals surface area contributed by atoms with E-state index >= 15 is 0 Å². The smallest absolute Gasteiger partial charge is 0.325 e. The fraction of sp³-hybridized carbons (Fsp3) is 0.200. The van der Waals surface area contributed by atoms with Gasteiger partial charge in [0.25, 0.3) is 0 Å². The van der Waals surface area contributed by atoms with Crippen LogP contribution in [0, 0.1) is 11.3 Å². The van der Waals surface area contributed by atoms with E-state index in [0.717, 1.165) is 0 Å². The molecule has 1 aromatic carbocycles. The Kier molecular flexibility index (Phi) is 2.42. The van der Waals surface area contributed by atoms with Gasteiger partial charge in [-0.3, -0.25) is 4.79 Å². The number of rotatable bonds is 2. The highest BCUT2D eigenvalue weighted by atomic mass is 16.7. The zero-order valence-electron chi connectivity index (χ0n) is 7.73. The second-order valence-corrected chi connectivity index (χ2v) is 2.82. The average Bonchev–Trinajstić information content (AvgIpc) is 2.65. The predicted molar refractivity (Wildman–Crippen MR) is 48.4 cm³/mol. The van der Waals surface area contributed by atoms with Crippen LogP contribution in [0.1, 0.15) is 6.42 Å². The Bertz CT molecular complexity index is 436. The Morgan fingerprint density at radius 2 is 2.27 bits per heavy atom. The van der Waals surface area contributed by atoms with Crippen LogP contribution in [0.2, 0.25) is 0 Å². The highest BCUT2D eigenvalue weighted by Gasteiger charge is 2.14. The van der Waals surface area contributed by atoms with Crippen LogP contribution in [0.25, 0.3) is 0 Å². The molecule has 15 heavy (non-hydrogen) atoms. The van der Waals surface area contributed by atoms with E-state index < -0.39 is 5.97 Å². The summed E-state index contributed by atoms with van der Waals surface area (Å²) >= 11 is 0. The number of hydrogen-bond acceptors (Lipinski definition) is 5. The van der Waals surface area contributed by atoms with Gasteiger partial charge in [0, 0.05) is 6.07 Å². The van der Waals surface area contributed by atoms with Crippen LogP contribution in [0.15, 0.2) is 18.2 Å². The van der Waals surface area contributed by atoms with Crippen molar-refractivity contribution in [1.82, 2.24) is 0 Å². The van der Waals surface area contributed by atoms with Crippen LogP contribution < -0.4 is 14.2 Å². The largest absolute Gasteiger partial charge is 0.454 e. The van der Waals surface area contributed by atoms with E-state index in [4.69, 9.17) is 19.5 Å². The first-order valence-corrected chi connectivity index (χ1v) is 4.27. The van der Waals surface area contributed by atoms with Gasteiger partial charge in [0.05, 0.1) is 6.07 Å². The Hall–Kier alpha value is -2.22. The number of fused-ring (bicyclic) bond motifs is 1. The van der Waals surface area contributed by atoms with E-state index in [-0.39, 0.29) is 13.2 Å². The summed E-state index contributed by atoms with van der Waals surface area (Å²) < 4.78 is 15.1. The maximum absolute atomic E-state index is 11.0. The van der Waals surface area contributed by atoms with Gasteiger partial charge in [-0.2, -0.15) is 5.26 Å². The standard InChI is InChI=1S/C10H7NO4/c11-4-3-10(12)15-7-1-2-8-9(5-7)14-6-13-8/h1-2,5H,3,6H2. The maximum atomic E-state index is 11.0. The number of nitriles is 1. The molecule has 0 saturated carbocycles. The second kappa shape index (κ2) is 3.88. The van der Waals surface area contributed by atoms with Gasteiger partial charge in [-0.15, -0.1) is 0 Å². The van der Waals surface area contributed by atoms with Gasteiger partial charge in [-0.25, -0.2) is 0 Å². The third kappa shape index (κ3) is 1.99. The number of carbonyl (C=O) groups is 1. The third-order valence-electron chi connectivity index (χ3n) is 1.80. The molecule has 0 aliphatic carbocycles. The molecule has 1 aromatic rings. The number of esters is 1. The summed E-state index contributed by atoms with van der Waals surface area (Å²) in [5.74, 6) is 0.920. The SMILES string of the molecule is N#CCC(=O)Oc1ccc2c(c1)OCO2. The molecule has 0 saturated heterocycles. The van der Waals surface area contributed by atoms with Gasteiger partial charge in [-0.05, 0) is 12.1 Å². The zero-order chi connectivity index (χ0) is 10.7. The zero-order valence-corrected chi connectivity index (χ0v) is 7.73. The summed E-state index contributed by atoms with van der Waals surface area (Å²) in [6, 6.07) is 6.50. The first-order chi connectivity index (χ1) is 7.29. The van der Waals surface area contributed by atoms with Gasteiger partial charge in [-0.1, -0.05) is 0 Å². The molecule has 0 spiro atoms. The lowest BCUT2D eigenvalue weighted by Gasteiger charge is -2.02. The van der Waals surface area contributed by atoms with Gasteiger partial charge < -0.3 is 14.2 Å². The summed E-state index contributed by atoms with van der Waals surface area (Å²) in [4.78, 5) is 11.0. The summed E-state index contributed by atoms with van der Waals surface area (Å²) in [5, 5.41) is 8.27. The van der Waals surface area contributed by atoms with Crippen molar-refractivity contribution in [3.05, 3.63) is 18.2 Å². The van der Waals surface area contributed by atoms with Gasteiger partial charge in [0.1, 0.15) is 12.2 Å².